The Bertz CT molecular complexity index is 889. The van der Waals surface area contributed by atoms with Crippen LogP contribution < -0.4 is 15.4 Å². The molecular weight excluding hydrogens is 438 g/mol. The number of benzene rings is 2. The zero-order valence-electron chi connectivity index (χ0n) is 21.7. The van der Waals surface area contributed by atoms with Crippen LogP contribution in [0.4, 0.5) is 5.69 Å². The van der Waals surface area contributed by atoms with Crippen LogP contribution in [0.1, 0.15) is 63.0 Å². The normalized spacial score (nSPS) is 15.2. The van der Waals surface area contributed by atoms with E-state index in [4.69, 9.17) is 4.74 Å². The highest BCUT2D eigenvalue weighted by atomic mass is 16.5. The number of aromatic hydroxyl groups is 2. The van der Waals surface area contributed by atoms with Gasteiger partial charge in [0, 0.05) is 24.7 Å². The maximum atomic E-state index is 10.2. The highest BCUT2D eigenvalue weighted by molar-refractivity contribution is 5.56. The van der Waals surface area contributed by atoms with Crippen molar-refractivity contribution < 1.29 is 14.9 Å². The number of ether oxygens (including phenoxy) is 1. The molecule has 0 spiro atoms. The highest BCUT2D eigenvalue weighted by Gasteiger charge is 2.26. The predicted octanol–water partition coefficient (Wildman–Crippen LogP) is 5.33. The number of phenolic OH excluding ortho intramolecular Hbond substituents is 2. The molecular formula is C29H45N3O3. The molecule has 1 unspecified atom stereocenters. The Morgan fingerprint density at radius 3 is 2.57 bits per heavy atom. The van der Waals surface area contributed by atoms with Crippen LogP contribution in [-0.4, -0.2) is 61.0 Å². The Hall–Kier alpha value is -2.44. The van der Waals surface area contributed by atoms with Gasteiger partial charge in [0.1, 0.15) is 5.75 Å². The van der Waals surface area contributed by atoms with Crippen molar-refractivity contribution in [2.24, 2.45) is 0 Å². The van der Waals surface area contributed by atoms with E-state index in [-0.39, 0.29) is 11.5 Å². The van der Waals surface area contributed by atoms with Gasteiger partial charge in [-0.25, -0.2) is 0 Å². The predicted molar refractivity (Wildman–Crippen MR) is 145 cm³/mol. The fourth-order valence-corrected chi connectivity index (χ4v) is 5.18. The standard InChI is InChI=1S/C29H45N3O3/c1-3-20-32(24-14-15-25-23(22-24)13-16-27(33)29(25)34)21-10-6-4-5-9-17-30-18-19-31-26-11-7-8-12-28(26)35-2/h7-8,11-13,16,24,30-31,33-34H,3-6,9-10,14-15,17-22H2,1-2H3. The minimum atomic E-state index is 0.00679. The molecule has 0 aromatic heterocycles. The summed E-state index contributed by atoms with van der Waals surface area (Å²) in [6, 6.07) is 12.2. The number of nitrogens with zero attached hydrogens (tertiary/aromatic N) is 1. The second kappa shape index (κ2) is 14.8. The average Bonchev–Trinajstić information content (AvgIpc) is 2.88. The van der Waals surface area contributed by atoms with Gasteiger partial charge in [-0.15, -0.1) is 0 Å². The fourth-order valence-electron chi connectivity index (χ4n) is 5.18. The van der Waals surface area contributed by atoms with Crippen molar-refractivity contribution in [1.29, 1.82) is 0 Å². The number of fused-ring (bicyclic) bond motifs is 1. The van der Waals surface area contributed by atoms with E-state index < -0.39 is 0 Å². The van der Waals surface area contributed by atoms with Crippen molar-refractivity contribution in [2.45, 2.75) is 70.8 Å². The third kappa shape index (κ3) is 8.32. The van der Waals surface area contributed by atoms with Crippen molar-refractivity contribution in [2.75, 3.05) is 45.2 Å². The molecule has 3 rings (SSSR count). The molecule has 2 aromatic carbocycles. The topological polar surface area (TPSA) is 77.0 Å². The van der Waals surface area contributed by atoms with Crippen LogP contribution in [0.2, 0.25) is 0 Å². The van der Waals surface area contributed by atoms with Gasteiger partial charge in [-0.2, -0.15) is 0 Å². The molecule has 0 amide bonds. The molecule has 0 fully saturated rings. The molecule has 0 aliphatic heterocycles. The summed E-state index contributed by atoms with van der Waals surface area (Å²) in [6.07, 6.45) is 10.4. The number of hydrogen-bond acceptors (Lipinski definition) is 6. The number of nitrogens with one attached hydrogen (secondary N) is 2. The van der Waals surface area contributed by atoms with Crippen LogP contribution in [0.3, 0.4) is 0 Å². The zero-order valence-corrected chi connectivity index (χ0v) is 21.7. The van der Waals surface area contributed by atoms with Crippen LogP contribution in [-0.2, 0) is 12.8 Å². The lowest BCUT2D eigenvalue weighted by molar-refractivity contribution is 0.175. The lowest BCUT2D eigenvalue weighted by Crippen LogP contribution is -2.40. The van der Waals surface area contributed by atoms with Gasteiger partial charge < -0.3 is 30.5 Å². The lowest BCUT2D eigenvalue weighted by Gasteiger charge is -2.35. The van der Waals surface area contributed by atoms with E-state index in [1.54, 1.807) is 13.2 Å². The van der Waals surface area contributed by atoms with Crippen LogP contribution in [0, 0.1) is 0 Å². The quantitative estimate of drug-likeness (QED) is 0.191. The number of methoxy groups -OCH3 is 1. The smallest absolute Gasteiger partial charge is 0.160 e. The van der Waals surface area contributed by atoms with E-state index in [1.807, 2.05) is 30.3 Å². The molecule has 0 saturated carbocycles. The first kappa shape index (κ1) is 27.2. The Morgan fingerprint density at radius 1 is 0.943 bits per heavy atom. The van der Waals surface area contributed by atoms with Crippen molar-refractivity contribution in [3.63, 3.8) is 0 Å². The molecule has 0 bridgehead atoms. The summed E-state index contributed by atoms with van der Waals surface area (Å²) in [5, 5.41) is 26.9. The van der Waals surface area contributed by atoms with Crippen molar-refractivity contribution in [3.05, 3.63) is 47.5 Å². The summed E-state index contributed by atoms with van der Waals surface area (Å²) in [4.78, 5) is 2.66. The van der Waals surface area contributed by atoms with E-state index in [2.05, 4.69) is 22.5 Å². The SMILES string of the molecule is CCCN(CCCCCCCNCCNc1ccccc1OC)C1CCc2c(ccc(O)c2O)C1. The largest absolute Gasteiger partial charge is 0.504 e. The van der Waals surface area contributed by atoms with Gasteiger partial charge in [0.05, 0.1) is 12.8 Å². The summed E-state index contributed by atoms with van der Waals surface area (Å²) < 4.78 is 5.37. The van der Waals surface area contributed by atoms with Crippen LogP contribution in [0.5, 0.6) is 17.2 Å². The monoisotopic (exact) mass is 483 g/mol. The summed E-state index contributed by atoms with van der Waals surface area (Å²) in [7, 11) is 1.70. The molecule has 0 radical (unpaired) electrons. The van der Waals surface area contributed by atoms with Crippen molar-refractivity contribution in [3.8, 4) is 17.2 Å². The second-order valence-corrected chi connectivity index (χ2v) is 9.65. The molecule has 6 nitrogen and oxygen atoms in total. The minimum absolute atomic E-state index is 0.00679. The Morgan fingerprint density at radius 2 is 1.74 bits per heavy atom. The lowest BCUT2D eigenvalue weighted by atomic mass is 9.86. The van der Waals surface area contributed by atoms with Crippen LogP contribution >= 0.6 is 0 Å². The molecule has 1 aliphatic carbocycles. The Balaban J connectivity index is 1.25. The van der Waals surface area contributed by atoms with Gasteiger partial charge in [-0.1, -0.05) is 44.4 Å². The van der Waals surface area contributed by atoms with Gasteiger partial charge in [0.2, 0.25) is 0 Å². The van der Waals surface area contributed by atoms with Crippen molar-refractivity contribution >= 4 is 5.69 Å². The number of phenols is 2. The summed E-state index contributed by atoms with van der Waals surface area (Å²) in [5.41, 5.74) is 3.19. The summed E-state index contributed by atoms with van der Waals surface area (Å²) in [5.74, 6) is 0.982. The first-order valence-corrected chi connectivity index (χ1v) is 13.5. The van der Waals surface area contributed by atoms with Crippen molar-refractivity contribution in [1.82, 2.24) is 10.2 Å². The molecule has 194 valence electrons. The van der Waals surface area contributed by atoms with Crippen LogP contribution in [0.25, 0.3) is 0 Å². The van der Waals surface area contributed by atoms with Gasteiger partial charge in [0.25, 0.3) is 0 Å². The number of unbranched alkanes of at least 4 members (excludes halogenated alkanes) is 4. The fraction of sp³-hybridized carbons (Fsp3) is 0.586. The van der Waals surface area contributed by atoms with E-state index in [0.717, 1.165) is 69.0 Å². The first-order valence-electron chi connectivity index (χ1n) is 13.5. The number of hydrogen-bond donors (Lipinski definition) is 4. The molecule has 1 atom stereocenters. The molecule has 2 aromatic rings. The molecule has 6 heteroatoms. The van der Waals surface area contributed by atoms with Gasteiger partial charge in [-0.3, -0.25) is 0 Å². The third-order valence-corrected chi connectivity index (χ3v) is 7.09. The third-order valence-electron chi connectivity index (χ3n) is 7.09. The summed E-state index contributed by atoms with van der Waals surface area (Å²) >= 11 is 0. The van der Waals surface area contributed by atoms with E-state index in [1.165, 1.54) is 44.1 Å². The Labute approximate surface area is 211 Å². The Kier molecular flexibility index (Phi) is 11.5. The van der Waals surface area contributed by atoms with Gasteiger partial charge >= 0.3 is 0 Å². The number of rotatable bonds is 16. The molecule has 0 heterocycles. The van der Waals surface area contributed by atoms with Gasteiger partial charge in [-0.05, 0) is 81.9 Å². The minimum Gasteiger partial charge on any atom is -0.504 e. The number of anilines is 1. The molecule has 0 saturated heterocycles. The van der Waals surface area contributed by atoms with E-state index in [9.17, 15) is 10.2 Å². The zero-order chi connectivity index (χ0) is 24.9. The van der Waals surface area contributed by atoms with E-state index in [0.29, 0.717) is 6.04 Å². The van der Waals surface area contributed by atoms with Crippen LogP contribution in [0.15, 0.2) is 36.4 Å². The van der Waals surface area contributed by atoms with E-state index >= 15 is 0 Å². The van der Waals surface area contributed by atoms with Gasteiger partial charge in [0.15, 0.2) is 11.5 Å². The maximum Gasteiger partial charge on any atom is 0.160 e. The molecule has 4 N–H and O–H groups in total. The average molecular weight is 484 g/mol. The highest BCUT2D eigenvalue weighted by Crippen LogP contribution is 2.36. The first-order chi connectivity index (χ1) is 17.1. The maximum absolute atomic E-state index is 10.2. The molecule has 35 heavy (non-hydrogen) atoms. The summed E-state index contributed by atoms with van der Waals surface area (Å²) in [6.45, 7) is 7.46. The second-order valence-electron chi connectivity index (χ2n) is 9.65. The molecule has 1 aliphatic rings. The number of para-hydroxylation sites is 2.